The summed E-state index contributed by atoms with van der Waals surface area (Å²) in [5.74, 6) is 0.447. The molecule has 1 saturated carbocycles. The summed E-state index contributed by atoms with van der Waals surface area (Å²) in [6.07, 6.45) is 2.60. The van der Waals surface area contributed by atoms with Crippen LogP contribution in [0.25, 0.3) is 0 Å². The molecule has 0 saturated heterocycles. The normalized spacial score (nSPS) is 16.7. The molecule has 1 N–H and O–H groups in total. The minimum atomic E-state index is 0.132. The molecule has 1 aromatic heterocycles. The number of aromatic nitrogens is 3. The monoisotopic (exact) mass is 271 g/mol. The van der Waals surface area contributed by atoms with E-state index in [9.17, 15) is 0 Å². The highest BCUT2D eigenvalue weighted by Crippen LogP contribution is 2.26. The van der Waals surface area contributed by atoms with E-state index in [0.717, 1.165) is 12.6 Å². The number of halogens is 1. The molecule has 1 heterocycles. The van der Waals surface area contributed by atoms with Crippen molar-refractivity contribution in [1.29, 1.82) is 0 Å². The molecule has 1 aliphatic rings. The largest absolute Gasteiger partial charge is 0.467 e. The Morgan fingerprint density at radius 1 is 1.44 bits per heavy atom. The summed E-state index contributed by atoms with van der Waals surface area (Å²) >= 11 is 5.77. The molecule has 1 fully saturated rings. The van der Waals surface area contributed by atoms with Gasteiger partial charge in [-0.25, -0.2) is 0 Å². The van der Waals surface area contributed by atoms with Crippen LogP contribution in [-0.4, -0.2) is 52.6 Å². The highest BCUT2D eigenvalue weighted by atomic mass is 35.5. The number of rotatable bonds is 6. The Kier molecular flexibility index (Phi) is 4.19. The molecule has 1 aromatic rings. The molecule has 0 radical (unpaired) electrons. The van der Waals surface area contributed by atoms with Crippen LogP contribution in [0.15, 0.2) is 0 Å². The third kappa shape index (κ3) is 3.43. The van der Waals surface area contributed by atoms with Gasteiger partial charge in [-0.2, -0.15) is 15.0 Å². The minimum Gasteiger partial charge on any atom is -0.467 e. The summed E-state index contributed by atoms with van der Waals surface area (Å²) in [6.45, 7) is 2.93. The second-order valence-corrected chi connectivity index (χ2v) is 4.88. The Balaban J connectivity index is 1.90. The van der Waals surface area contributed by atoms with Gasteiger partial charge in [0.2, 0.25) is 11.2 Å². The van der Waals surface area contributed by atoms with Gasteiger partial charge < -0.3 is 10.1 Å². The molecule has 18 heavy (non-hydrogen) atoms. The zero-order chi connectivity index (χ0) is 13.1. The molecule has 7 heteroatoms. The van der Waals surface area contributed by atoms with E-state index in [1.165, 1.54) is 20.0 Å². The fraction of sp³-hybridized carbons (Fsp3) is 0.727. The van der Waals surface area contributed by atoms with Crippen molar-refractivity contribution in [2.45, 2.75) is 31.8 Å². The van der Waals surface area contributed by atoms with E-state index < -0.39 is 0 Å². The summed E-state index contributed by atoms with van der Waals surface area (Å²) in [5.41, 5.74) is 0. The van der Waals surface area contributed by atoms with Gasteiger partial charge in [-0.15, -0.1) is 0 Å². The summed E-state index contributed by atoms with van der Waals surface area (Å²) < 4.78 is 4.94. The number of ether oxygens (including phenoxy) is 1. The molecule has 100 valence electrons. The number of nitrogens with one attached hydrogen (secondary N) is 1. The van der Waals surface area contributed by atoms with Crippen molar-refractivity contribution in [2.75, 3.05) is 26.0 Å². The number of anilines is 1. The number of likely N-dealkylation sites (N-methyl/N-ethyl adjacent to an activating group) is 1. The second kappa shape index (κ2) is 5.67. The molecule has 0 spiro atoms. The van der Waals surface area contributed by atoms with Crippen LogP contribution in [0, 0.1) is 0 Å². The average Bonchev–Trinajstić information content (AvgIpc) is 3.18. The summed E-state index contributed by atoms with van der Waals surface area (Å²) in [5, 5.41) is 3.29. The van der Waals surface area contributed by atoms with E-state index in [-0.39, 0.29) is 11.3 Å². The number of hydrogen-bond acceptors (Lipinski definition) is 6. The Labute approximate surface area is 112 Å². The van der Waals surface area contributed by atoms with Gasteiger partial charge in [0, 0.05) is 18.6 Å². The van der Waals surface area contributed by atoms with Crippen LogP contribution in [0.5, 0.6) is 6.01 Å². The van der Waals surface area contributed by atoms with E-state index in [2.05, 4.69) is 39.1 Å². The molecular weight excluding hydrogens is 254 g/mol. The molecule has 1 unspecified atom stereocenters. The predicted molar refractivity (Wildman–Crippen MR) is 70.1 cm³/mol. The van der Waals surface area contributed by atoms with E-state index in [1.54, 1.807) is 0 Å². The smallest absolute Gasteiger partial charge is 0.322 e. The number of methoxy groups -OCH3 is 1. The topological polar surface area (TPSA) is 63.2 Å². The molecular formula is C11H18ClN5O. The van der Waals surface area contributed by atoms with Crippen LogP contribution in [-0.2, 0) is 0 Å². The minimum absolute atomic E-state index is 0.132. The first-order valence-electron chi connectivity index (χ1n) is 6.01. The molecule has 1 aliphatic carbocycles. The van der Waals surface area contributed by atoms with Gasteiger partial charge in [-0.05, 0) is 38.4 Å². The fourth-order valence-corrected chi connectivity index (χ4v) is 1.88. The van der Waals surface area contributed by atoms with Crippen molar-refractivity contribution in [3.05, 3.63) is 5.28 Å². The summed E-state index contributed by atoms with van der Waals surface area (Å²) in [6, 6.07) is 1.37. The van der Waals surface area contributed by atoms with Crippen molar-refractivity contribution in [3.8, 4) is 6.01 Å². The molecule has 6 nitrogen and oxygen atoms in total. The third-order valence-electron chi connectivity index (χ3n) is 3.14. The van der Waals surface area contributed by atoms with Gasteiger partial charge in [-0.3, -0.25) is 4.90 Å². The summed E-state index contributed by atoms with van der Waals surface area (Å²) in [4.78, 5) is 14.3. The Morgan fingerprint density at radius 3 is 2.78 bits per heavy atom. The van der Waals surface area contributed by atoms with Gasteiger partial charge in [0.1, 0.15) is 0 Å². The highest BCUT2D eigenvalue weighted by Gasteiger charge is 2.28. The Morgan fingerprint density at radius 2 is 2.17 bits per heavy atom. The quantitative estimate of drug-likeness (QED) is 0.844. The molecule has 2 rings (SSSR count). The number of hydrogen-bond donors (Lipinski definition) is 1. The van der Waals surface area contributed by atoms with Crippen LogP contribution in [0.1, 0.15) is 19.8 Å². The Hall–Kier alpha value is -1.14. The van der Waals surface area contributed by atoms with Crippen LogP contribution in [0.3, 0.4) is 0 Å². The van der Waals surface area contributed by atoms with E-state index in [1.807, 2.05) is 0 Å². The average molecular weight is 272 g/mol. The van der Waals surface area contributed by atoms with Gasteiger partial charge >= 0.3 is 6.01 Å². The molecule has 0 bridgehead atoms. The van der Waals surface area contributed by atoms with Crippen molar-refractivity contribution >= 4 is 17.5 Å². The van der Waals surface area contributed by atoms with Gasteiger partial charge in [0.25, 0.3) is 0 Å². The van der Waals surface area contributed by atoms with Crippen LogP contribution in [0.4, 0.5) is 5.95 Å². The maximum Gasteiger partial charge on any atom is 0.322 e. The van der Waals surface area contributed by atoms with Crippen molar-refractivity contribution in [3.63, 3.8) is 0 Å². The fourth-order valence-electron chi connectivity index (χ4n) is 1.73. The molecule has 0 aromatic carbocycles. The van der Waals surface area contributed by atoms with Gasteiger partial charge in [-0.1, -0.05) is 0 Å². The first kappa shape index (κ1) is 13.3. The molecule has 0 amide bonds. The maximum atomic E-state index is 5.77. The summed E-state index contributed by atoms with van der Waals surface area (Å²) in [7, 11) is 3.64. The number of nitrogens with zero attached hydrogens (tertiary/aromatic N) is 4. The van der Waals surface area contributed by atoms with E-state index >= 15 is 0 Å². The lowest BCUT2D eigenvalue weighted by molar-refractivity contribution is 0.257. The van der Waals surface area contributed by atoms with E-state index in [4.69, 9.17) is 16.3 Å². The Bertz CT molecular complexity index is 412. The van der Waals surface area contributed by atoms with Crippen molar-refractivity contribution in [1.82, 2.24) is 19.9 Å². The van der Waals surface area contributed by atoms with Crippen LogP contribution >= 0.6 is 11.6 Å². The second-order valence-electron chi connectivity index (χ2n) is 4.54. The van der Waals surface area contributed by atoms with Crippen molar-refractivity contribution < 1.29 is 4.74 Å². The zero-order valence-corrected chi connectivity index (χ0v) is 11.6. The zero-order valence-electron chi connectivity index (χ0n) is 10.9. The van der Waals surface area contributed by atoms with Gasteiger partial charge in [0.15, 0.2) is 0 Å². The SMILES string of the molecule is COc1nc(Cl)nc(NCC(C)N(C)C2CC2)n1. The van der Waals surface area contributed by atoms with Gasteiger partial charge in [0.05, 0.1) is 7.11 Å². The highest BCUT2D eigenvalue weighted by molar-refractivity contribution is 6.28. The lowest BCUT2D eigenvalue weighted by atomic mass is 10.3. The third-order valence-corrected chi connectivity index (χ3v) is 3.31. The standard InChI is InChI=1S/C11H18ClN5O/c1-7(17(2)8-4-5-8)6-13-10-14-9(12)15-11(16-10)18-3/h7-8H,4-6H2,1-3H3,(H,13,14,15,16). The van der Waals surface area contributed by atoms with Crippen LogP contribution < -0.4 is 10.1 Å². The first-order valence-corrected chi connectivity index (χ1v) is 6.39. The lowest BCUT2D eigenvalue weighted by Gasteiger charge is -2.24. The van der Waals surface area contributed by atoms with Crippen molar-refractivity contribution in [2.24, 2.45) is 0 Å². The van der Waals surface area contributed by atoms with E-state index in [0.29, 0.717) is 12.0 Å². The molecule has 0 aliphatic heterocycles. The lowest BCUT2D eigenvalue weighted by Crippen LogP contribution is -2.36. The maximum absolute atomic E-state index is 5.77. The van der Waals surface area contributed by atoms with Crippen LogP contribution in [0.2, 0.25) is 5.28 Å². The first-order chi connectivity index (χ1) is 8.60. The molecule has 1 atom stereocenters. The predicted octanol–water partition coefficient (Wildman–Crippen LogP) is 1.43.